The van der Waals surface area contributed by atoms with Crippen molar-refractivity contribution < 1.29 is 32.3 Å². The number of fused-ring (bicyclic) bond motifs is 1. The molecule has 3 amide bonds. The van der Waals surface area contributed by atoms with Crippen molar-refractivity contribution in [2.24, 2.45) is 5.92 Å². The van der Waals surface area contributed by atoms with E-state index in [-0.39, 0.29) is 28.6 Å². The van der Waals surface area contributed by atoms with Gasteiger partial charge in [-0.25, -0.2) is 9.59 Å². The van der Waals surface area contributed by atoms with Gasteiger partial charge in [0.25, 0.3) is 5.91 Å². The lowest BCUT2D eigenvalue weighted by atomic mass is 10.0. The third-order valence-electron chi connectivity index (χ3n) is 6.05. The largest absolute Gasteiger partial charge is 0.458 e. The van der Waals surface area contributed by atoms with Gasteiger partial charge in [0.1, 0.15) is 11.6 Å². The third kappa shape index (κ3) is 7.45. The van der Waals surface area contributed by atoms with Crippen molar-refractivity contribution in [3.05, 3.63) is 71.9 Å². The minimum absolute atomic E-state index is 0.136. The highest BCUT2D eigenvalue weighted by Gasteiger charge is 2.34. The molecule has 1 unspecified atom stereocenters. The molecule has 0 fully saturated rings. The van der Waals surface area contributed by atoms with E-state index in [1.54, 1.807) is 46.8 Å². The predicted molar refractivity (Wildman–Crippen MR) is 152 cm³/mol. The Morgan fingerprint density at radius 2 is 1.58 bits per heavy atom. The van der Waals surface area contributed by atoms with E-state index in [0.29, 0.717) is 11.3 Å². The molecule has 3 N–H and O–H groups in total. The molecule has 2 aromatic heterocycles. The van der Waals surface area contributed by atoms with Gasteiger partial charge in [0.15, 0.2) is 11.5 Å². The molecule has 43 heavy (non-hydrogen) atoms. The highest BCUT2D eigenvalue weighted by molar-refractivity contribution is 6.02. The number of ether oxygens (including phenoxy) is 1. The van der Waals surface area contributed by atoms with E-state index in [1.165, 1.54) is 41.0 Å². The van der Waals surface area contributed by atoms with E-state index in [1.807, 2.05) is 0 Å². The van der Waals surface area contributed by atoms with Gasteiger partial charge in [-0.2, -0.15) is 22.8 Å². The standard InChI is InChI=1S/C29H30F3N7O4/c1-16(2)22(26(41)43-28(3,4)5)36-25(40)19-14-15-33-39-23(37-38-24(19)39)17-10-12-18(13-11-17)34-27(42)35-21-9-7-6-8-20(21)29(30,31)32/h6-16,22H,1-5H3,(H,36,40)(H2,34,35,42). The Kier molecular flexibility index (Phi) is 8.69. The van der Waals surface area contributed by atoms with Gasteiger partial charge in [0, 0.05) is 17.4 Å². The van der Waals surface area contributed by atoms with E-state index in [4.69, 9.17) is 4.74 Å². The molecule has 0 radical (unpaired) electrons. The number of rotatable bonds is 7. The molecule has 0 saturated carbocycles. The fourth-order valence-electron chi connectivity index (χ4n) is 4.07. The van der Waals surface area contributed by atoms with E-state index in [0.717, 1.165) is 12.1 Å². The Bertz CT molecular complexity index is 1640. The quantitative estimate of drug-likeness (QED) is 0.237. The van der Waals surface area contributed by atoms with Crippen molar-refractivity contribution in [3.63, 3.8) is 0 Å². The van der Waals surface area contributed by atoms with Crippen molar-refractivity contribution in [2.45, 2.75) is 52.4 Å². The molecule has 0 bridgehead atoms. The molecule has 4 aromatic rings. The first kappa shape index (κ1) is 30.9. The molecule has 11 nitrogen and oxygen atoms in total. The summed E-state index contributed by atoms with van der Waals surface area (Å²) in [6.07, 6.45) is -3.24. The zero-order valence-corrected chi connectivity index (χ0v) is 24.0. The number of amides is 3. The van der Waals surface area contributed by atoms with Crippen LogP contribution in [0.25, 0.3) is 17.0 Å². The average molecular weight is 598 g/mol. The predicted octanol–water partition coefficient (Wildman–Crippen LogP) is 5.55. The first-order valence-corrected chi connectivity index (χ1v) is 13.2. The molecule has 226 valence electrons. The molecule has 0 aliphatic heterocycles. The van der Waals surface area contributed by atoms with Crippen molar-refractivity contribution >= 4 is 34.9 Å². The second-order valence-corrected chi connectivity index (χ2v) is 10.9. The summed E-state index contributed by atoms with van der Waals surface area (Å²) < 4.78 is 46.5. The number of para-hydroxylation sites is 1. The first-order chi connectivity index (χ1) is 20.1. The maximum atomic E-state index is 13.2. The van der Waals surface area contributed by atoms with Crippen LogP contribution >= 0.6 is 0 Å². The van der Waals surface area contributed by atoms with Crippen molar-refractivity contribution in [3.8, 4) is 11.4 Å². The Morgan fingerprint density at radius 3 is 2.21 bits per heavy atom. The summed E-state index contributed by atoms with van der Waals surface area (Å²) in [5, 5.41) is 20.0. The van der Waals surface area contributed by atoms with Crippen LogP contribution in [0.15, 0.2) is 60.8 Å². The van der Waals surface area contributed by atoms with Gasteiger partial charge in [-0.1, -0.05) is 26.0 Å². The van der Waals surface area contributed by atoms with E-state index in [9.17, 15) is 27.6 Å². The van der Waals surface area contributed by atoms with Gasteiger partial charge in [-0.15, -0.1) is 10.2 Å². The van der Waals surface area contributed by atoms with E-state index >= 15 is 0 Å². The van der Waals surface area contributed by atoms with Gasteiger partial charge in [0.2, 0.25) is 0 Å². The third-order valence-corrected chi connectivity index (χ3v) is 6.05. The molecule has 0 aliphatic rings. The summed E-state index contributed by atoms with van der Waals surface area (Å²) >= 11 is 0. The zero-order valence-electron chi connectivity index (χ0n) is 24.0. The number of alkyl halides is 3. The number of esters is 1. The number of carbonyl (C=O) groups excluding carboxylic acids is 3. The number of aromatic nitrogens is 4. The molecular formula is C29H30F3N7O4. The Morgan fingerprint density at radius 1 is 0.907 bits per heavy atom. The second-order valence-electron chi connectivity index (χ2n) is 10.9. The lowest BCUT2D eigenvalue weighted by Crippen LogP contribution is -2.47. The van der Waals surface area contributed by atoms with Crippen molar-refractivity contribution in [1.29, 1.82) is 0 Å². The molecule has 0 aliphatic carbocycles. The minimum atomic E-state index is -4.63. The van der Waals surface area contributed by atoms with Crippen LogP contribution in [0.3, 0.4) is 0 Å². The number of carbonyl (C=O) groups is 3. The Balaban J connectivity index is 1.50. The summed E-state index contributed by atoms with van der Waals surface area (Å²) in [4.78, 5) is 38.3. The van der Waals surface area contributed by atoms with Gasteiger partial charge in [0.05, 0.1) is 16.8 Å². The van der Waals surface area contributed by atoms with Crippen molar-refractivity contribution in [1.82, 2.24) is 25.1 Å². The van der Waals surface area contributed by atoms with E-state index in [2.05, 4.69) is 31.2 Å². The number of nitrogens with zero attached hydrogens (tertiary/aromatic N) is 4. The Hall–Kier alpha value is -5.01. The topological polar surface area (TPSA) is 140 Å². The molecular weight excluding hydrogens is 567 g/mol. The lowest BCUT2D eigenvalue weighted by Gasteiger charge is -2.26. The van der Waals surface area contributed by atoms with Crippen LogP contribution in [0, 0.1) is 5.92 Å². The van der Waals surface area contributed by atoms with Crippen LogP contribution in [0.4, 0.5) is 29.3 Å². The highest BCUT2D eigenvalue weighted by Crippen LogP contribution is 2.34. The summed E-state index contributed by atoms with van der Waals surface area (Å²) in [6, 6.07) is 10.6. The highest BCUT2D eigenvalue weighted by atomic mass is 19.4. The normalized spacial score (nSPS) is 12.6. The monoisotopic (exact) mass is 597 g/mol. The van der Waals surface area contributed by atoms with Gasteiger partial charge < -0.3 is 20.7 Å². The number of benzene rings is 2. The van der Waals surface area contributed by atoms with Crippen molar-refractivity contribution in [2.75, 3.05) is 10.6 Å². The fourth-order valence-corrected chi connectivity index (χ4v) is 4.07. The number of urea groups is 1. The number of anilines is 2. The maximum absolute atomic E-state index is 13.2. The lowest BCUT2D eigenvalue weighted by molar-refractivity contribution is -0.158. The summed E-state index contributed by atoms with van der Waals surface area (Å²) in [5.74, 6) is -1.09. The molecule has 4 rings (SSSR count). The second kappa shape index (κ2) is 12.1. The Labute approximate surface area is 244 Å². The SMILES string of the molecule is CC(C)C(NC(=O)c1ccnn2c(-c3ccc(NC(=O)Nc4ccccc4C(F)(F)F)cc3)nnc12)C(=O)OC(C)(C)C. The zero-order chi connectivity index (χ0) is 31.5. The molecule has 14 heteroatoms. The summed E-state index contributed by atoms with van der Waals surface area (Å²) in [5.41, 5.74) is -0.966. The minimum Gasteiger partial charge on any atom is -0.458 e. The van der Waals surface area contributed by atoms with Crippen LogP contribution in [0.1, 0.15) is 50.5 Å². The van der Waals surface area contributed by atoms with Crippen LogP contribution < -0.4 is 16.0 Å². The fraction of sp³-hybridized carbons (Fsp3) is 0.310. The number of halogens is 3. The summed E-state index contributed by atoms with van der Waals surface area (Å²) in [6.45, 7) is 8.79. The van der Waals surface area contributed by atoms with Crippen LogP contribution in [0.2, 0.25) is 0 Å². The van der Waals surface area contributed by atoms with Gasteiger partial charge in [-0.05, 0) is 69.2 Å². The number of hydrogen-bond donors (Lipinski definition) is 3. The van der Waals surface area contributed by atoms with Gasteiger partial charge in [-0.3, -0.25) is 4.79 Å². The molecule has 0 spiro atoms. The van der Waals surface area contributed by atoms with E-state index < -0.39 is 41.3 Å². The van der Waals surface area contributed by atoms with Crippen LogP contribution in [-0.2, 0) is 15.7 Å². The van der Waals surface area contributed by atoms with Crippen LogP contribution in [-0.4, -0.2) is 49.4 Å². The molecule has 2 heterocycles. The average Bonchev–Trinajstić information content (AvgIpc) is 3.35. The first-order valence-electron chi connectivity index (χ1n) is 13.2. The maximum Gasteiger partial charge on any atom is 0.418 e. The molecule has 0 saturated heterocycles. The van der Waals surface area contributed by atoms with Crippen LogP contribution in [0.5, 0.6) is 0 Å². The number of nitrogens with one attached hydrogen (secondary N) is 3. The number of hydrogen-bond acceptors (Lipinski definition) is 7. The smallest absolute Gasteiger partial charge is 0.418 e. The molecule has 2 aromatic carbocycles. The summed E-state index contributed by atoms with van der Waals surface area (Å²) in [7, 11) is 0. The molecule has 1 atom stereocenters. The van der Waals surface area contributed by atoms with Gasteiger partial charge >= 0.3 is 18.2 Å².